The number of carboxylic acids is 1. The van der Waals surface area contributed by atoms with E-state index >= 15 is 0 Å². The van der Waals surface area contributed by atoms with Crippen LogP contribution in [0.1, 0.15) is 12.0 Å². The fourth-order valence-corrected chi connectivity index (χ4v) is 2.33. The smallest absolute Gasteiger partial charge is 0.407 e. The number of hydrogen-bond donors (Lipinski definition) is 3. The molecule has 0 heterocycles. The number of rotatable bonds is 9. The standard InChI is InChI=1S/C14H20N2O4S/c15-12(13(17)18)10-21-8-4-7-16-14(19)20-9-11-5-2-1-3-6-11/h1-3,5-6,12H,4,7-10,15H2,(H,16,19)(H,17,18)/t12-/m0/s1. The maximum Gasteiger partial charge on any atom is 0.407 e. The number of hydrogen-bond acceptors (Lipinski definition) is 5. The van der Waals surface area contributed by atoms with E-state index < -0.39 is 18.1 Å². The van der Waals surface area contributed by atoms with E-state index in [4.69, 9.17) is 15.6 Å². The summed E-state index contributed by atoms with van der Waals surface area (Å²) in [4.78, 5) is 21.9. The zero-order valence-corrected chi connectivity index (χ0v) is 12.5. The summed E-state index contributed by atoms with van der Waals surface area (Å²) in [6.45, 7) is 0.734. The number of carboxylic acid groups (broad SMARTS) is 1. The molecule has 0 saturated carbocycles. The van der Waals surface area contributed by atoms with Crippen molar-refractivity contribution < 1.29 is 19.4 Å². The molecule has 0 spiro atoms. The van der Waals surface area contributed by atoms with E-state index in [0.717, 1.165) is 17.7 Å². The Kier molecular flexibility index (Phi) is 8.30. The summed E-state index contributed by atoms with van der Waals surface area (Å²) in [5, 5.41) is 11.2. The van der Waals surface area contributed by atoms with Gasteiger partial charge in [-0.3, -0.25) is 4.79 Å². The molecule has 0 unspecified atom stereocenters. The Morgan fingerprint density at radius 2 is 2.05 bits per heavy atom. The summed E-state index contributed by atoms with van der Waals surface area (Å²) < 4.78 is 5.05. The Morgan fingerprint density at radius 3 is 2.71 bits per heavy atom. The van der Waals surface area contributed by atoms with E-state index in [1.807, 2.05) is 30.3 Å². The Balaban J connectivity index is 2.00. The third-order valence-corrected chi connectivity index (χ3v) is 3.73. The maximum atomic E-state index is 11.4. The zero-order chi connectivity index (χ0) is 15.5. The largest absolute Gasteiger partial charge is 0.480 e. The molecule has 1 atom stereocenters. The van der Waals surface area contributed by atoms with Crippen molar-refractivity contribution >= 4 is 23.8 Å². The molecule has 1 aromatic carbocycles. The molecular weight excluding hydrogens is 292 g/mol. The number of alkyl carbamates (subject to hydrolysis) is 1. The van der Waals surface area contributed by atoms with Crippen LogP contribution < -0.4 is 11.1 Å². The van der Waals surface area contributed by atoms with Crippen LogP contribution in [0, 0.1) is 0 Å². The first-order valence-electron chi connectivity index (χ1n) is 6.60. The van der Waals surface area contributed by atoms with Gasteiger partial charge in [0.1, 0.15) is 12.6 Å². The zero-order valence-electron chi connectivity index (χ0n) is 11.7. The molecule has 0 aliphatic heterocycles. The lowest BCUT2D eigenvalue weighted by Gasteiger charge is -2.08. The molecular formula is C14H20N2O4S. The third kappa shape index (κ3) is 8.21. The average Bonchev–Trinajstić information content (AvgIpc) is 2.49. The minimum atomic E-state index is -0.995. The SMILES string of the molecule is N[C@@H](CSCCCNC(=O)OCc1ccccc1)C(=O)O. The normalized spacial score (nSPS) is 11.7. The predicted octanol–water partition coefficient (Wildman–Crippen LogP) is 1.45. The number of ether oxygens (including phenoxy) is 1. The lowest BCUT2D eigenvalue weighted by atomic mass is 10.2. The molecule has 0 aromatic heterocycles. The first-order chi connectivity index (χ1) is 10.1. The first-order valence-corrected chi connectivity index (χ1v) is 7.75. The van der Waals surface area contributed by atoms with Gasteiger partial charge in [-0.2, -0.15) is 11.8 Å². The summed E-state index contributed by atoms with van der Waals surface area (Å²) in [6, 6.07) is 8.60. The predicted molar refractivity (Wildman–Crippen MR) is 82.2 cm³/mol. The number of carbonyl (C=O) groups excluding carboxylic acids is 1. The number of nitrogens with two attached hydrogens (primary N) is 1. The second kappa shape index (κ2) is 10.1. The van der Waals surface area contributed by atoms with Crippen LogP contribution in [-0.2, 0) is 16.1 Å². The lowest BCUT2D eigenvalue weighted by Crippen LogP contribution is -2.32. The van der Waals surface area contributed by atoms with Gasteiger partial charge in [-0.05, 0) is 17.7 Å². The van der Waals surface area contributed by atoms with Gasteiger partial charge in [-0.15, -0.1) is 0 Å². The molecule has 0 fully saturated rings. The monoisotopic (exact) mass is 312 g/mol. The Hall–Kier alpha value is -1.73. The van der Waals surface area contributed by atoms with Crippen LogP contribution in [0.2, 0.25) is 0 Å². The van der Waals surface area contributed by atoms with Crippen LogP contribution in [0.15, 0.2) is 30.3 Å². The molecule has 21 heavy (non-hydrogen) atoms. The van der Waals surface area contributed by atoms with Gasteiger partial charge < -0.3 is 20.9 Å². The van der Waals surface area contributed by atoms with Crippen molar-refractivity contribution in [3.05, 3.63) is 35.9 Å². The number of carbonyl (C=O) groups is 2. The number of benzene rings is 1. The average molecular weight is 312 g/mol. The van der Waals surface area contributed by atoms with E-state index in [0.29, 0.717) is 12.3 Å². The molecule has 1 amide bonds. The summed E-state index contributed by atoms with van der Waals surface area (Å²) >= 11 is 1.45. The van der Waals surface area contributed by atoms with Crippen LogP contribution in [0.3, 0.4) is 0 Å². The van der Waals surface area contributed by atoms with E-state index in [9.17, 15) is 9.59 Å². The van der Waals surface area contributed by atoms with Gasteiger partial charge in [0, 0.05) is 12.3 Å². The molecule has 0 bridgehead atoms. The highest BCUT2D eigenvalue weighted by atomic mass is 32.2. The minimum Gasteiger partial charge on any atom is -0.480 e. The Labute approximate surface area is 128 Å². The first kappa shape index (κ1) is 17.3. The number of nitrogens with one attached hydrogen (secondary N) is 1. The second-order valence-electron chi connectivity index (χ2n) is 4.36. The van der Waals surface area contributed by atoms with Crippen molar-refractivity contribution in [2.75, 3.05) is 18.1 Å². The molecule has 116 valence electrons. The van der Waals surface area contributed by atoms with Gasteiger partial charge in [0.2, 0.25) is 0 Å². The van der Waals surface area contributed by atoms with Crippen LogP contribution in [-0.4, -0.2) is 41.3 Å². The highest BCUT2D eigenvalue weighted by molar-refractivity contribution is 7.99. The maximum absolute atomic E-state index is 11.4. The highest BCUT2D eigenvalue weighted by Gasteiger charge is 2.10. The minimum absolute atomic E-state index is 0.245. The highest BCUT2D eigenvalue weighted by Crippen LogP contribution is 2.04. The van der Waals surface area contributed by atoms with E-state index in [2.05, 4.69) is 5.32 Å². The van der Waals surface area contributed by atoms with Crippen LogP contribution >= 0.6 is 11.8 Å². The van der Waals surface area contributed by atoms with Crippen LogP contribution in [0.4, 0.5) is 4.79 Å². The topological polar surface area (TPSA) is 102 Å². The van der Waals surface area contributed by atoms with Gasteiger partial charge in [0.05, 0.1) is 0 Å². The molecule has 1 rings (SSSR count). The van der Waals surface area contributed by atoms with E-state index in [-0.39, 0.29) is 6.61 Å². The fourth-order valence-electron chi connectivity index (χ4n) is 1.42. The third-order valence-electron chi connectivity index (χ3n) is 2.56. The lowest BCUT2D eigenvalue weighted by molar-refractivity contribution is -0.137. The quantitative estimate of drug-likeness (QED) is 0.597. The summed E-state index contributed by atoms with van der Waals surface area (Å²) in [5.41, 5.74) is 6.30. The molecule has 7 heteroatoms. The van der Waals surface area contributed by atoms with Crippen LogP contribution in [0.5, 0.6) is 0 Å². The molecule has 4 N–H and O–H groups in total. The van der Waals surface area contributed by atoms with Crippen molar-refractivity contribution in [3.8, 4) is 0 Å². The van der Waals surface area contributed by atoms with Crippen LogP contribution in [0.25, 0.3) is 0 Å². The Morgan fingerprint density at radius 1 is 1.33 bits per heavy atom. The van der Waals surface area contributed by atoms with Crippen molar-refractivity contribution in [2.45, 2.75) is 19.1 Å². The van der Waals surface area contributed by atoms with Crippen molar-refractivity contribution in [2.24, 2.45) is 5.73 Å². The van der Waals surface area contributed by atoms with Gasteiger partial charge in [0.15, 0.2) is 0 Å². The van der Waals surface area contributed by atoms with Gasteiger partial charge >= 0.3 is 12.1 Å². The fraction of sp³-hybridized carbons (Fsp3) is 0.429. The van der Waals surface area contributed by atoms with Gasteiger partial charge in [-0.25, -0.2) is 4.79 Å². The van der Waals surface area contributed by atoms with E-state index in [1.165, 1.54) is 11.8 Å². The summed E-state index contributed by atoms with van der Waals surface area (Å²) in [6.07, 6.45) is 0.281. The number of aliphatic carboxylic acids is 1. The molecule has 0 radical (unpaired) electrons. The van der Waals surface area contributed by atoms with Gasteiger partial charge in [-0.1, -0.05) is 30.3 Å². The Bertz CT molecular complexity index is 442. The number of thioether (sulfide) groups is 1. The van der Waals surface area contributed by atoms with Gasteiger partial charge in [0.25, 0.3) is 0 Å². The summed E-state index contributed by atoms with van der Waals surface area (Å²) in [7, 11) is 0. The summed E-state index contributed by atoms with van der Waals surface area (Å²) in [5.74, 6) is 0.110. The van der Waals surface area contributed by atoms with E-state index in [1.54, 1.807) is 0 Å². The second-order valence-corrected chi connectivity index (χ2v) is 5.51. The molecule has 0 aliphatic rings. The molecule has 1 aromatic rings. The molecule has 6 nitrogen and oxygen atoms in total. The van der Waals surface area contributed by atoms with Crippen molar-refractivity contribution in [1.29, 1.82) is 0 Å². The molecule has 0 aliphatic carbocycles. The van der Waals surface area contributed by atoms with Crippen molar-refractivity contribution in [3.63, 3.8) is 0 Å². The number of amides is 1. The molecule has 0 saturated heterocycles. The van der Waals surface area contributed by atoms with Crippen molar-refractivity contribution in [1.82, 2.24) is 5.32 Å².